The maximum absolute atomic E-state index is 10.0. The Morgan fingerprint density at radius 1 is 1.24 bits per heavy atom. The molecule has 0 aliphatic heterocycles. The zero-order chi connectivity index (χ0) is 12.6. The number of phenols is 2. The molecule has 1 aromatic carbocycles. The molecule has 2 aromatic rings. The highest BCUT2D eigenvalue weighted by molar-refractivity contribution is 5.92. The normalized spacial score (nSPS) is 10.7. The zero-order valence-corrected chi connectivity index (χ0v) is 9.69. The van der Waals surface area contributed by atoms with Crippen molar-refractivity contribution in [3.05, 3.63) is 29.5 Å². The molecule has 1 heterocycles. The van der Waals surface area contributed by atoms with Gasteiger partial charge in [-0.2, -0.15) is 0 Å². The Labute approximate surface area is 98.4 Å². The van der Waals surface area contributed by atoms with Gasteiger partial charge in [0.25, 0.3) is 0 Å². The predicted molar refractivity (Wildman–Crippen MR) is 64.3 cm³/mol. The topological polar surface area (TPSA) is 73.8 Å². The van der Waals surface area contributed by atoms with Crippen molar-refractivity contribution in [2.24, 2.45) is 0 Å². The number of hydrogen-bond acceptors (Lipinski definition) is 4. The molecule has 2 rings (SSSR count). The summed E-state index contributed by atoms with van der Waals surface area (Å²) in [6.07, 6.45) is 3.42. The minimum Gasteiger partial charge on any atom is -0.507 e. The van der Waals surface area contributed by atoms with E-state index in [1.807, 2.05) is 19.9 Å². The predicted octanol–water partition coefficient (Wildman–Crippen LogP) is 3.06. The van der Waals surface area contributed by atoms with Gasteiger partial charge in [0.1, 0.15) is 28.7 Å². The van der Waals surface area contributed by atoms with Crippen LogP contribution in [-0.4, -0.2) is 15.3 Å². The van der Waals surface area contributed by atoms with Crippen LogP contribution in [0.25, 0.3) is 11.0 Å². The Balaban J connectivity index is 2.62. The van der Waals surface area contributed by atoms with Crippen molar-refractivity contribution in [1.82, 2.24) is 0 Å². The summed E-state index contributed by atoms with van der Waals surface area (Å²) < 4.78 is 5.01. The first-order chi connectivity index (χ1) is 8.00. The first kappa shape index (κ1) is 11.4. The highest BCUT2D eigenvalue weighted by Gasteiger charge is 2.17. The number of allylic oxidation sites excluding steroid dienone is 2. The molecule has 0 amide bonds. The summed E-state index contributed by atoms with van der Waals surface area (Å²) >= 11 is 0. The molecule has 0 spiro atoms. The molecule has 0 saturated heterocycles. The second kappa shape index (κ2) is 4.05. The molecule has 0 saturated carbocycles. The second-order valence-electron chi connectivity index (χ2n) is 4.20. The lowest BCUT2D eigenvalue weighted by atomic mass is 10.0. The van der Waals surface area contributed by atoms with E-state index in [1.54, 1.807) is 0 Å². The number of phenolic OH excluding ortho intramolecular Hbond substituents is 2. The molecule has 0 aliphatic carbocycles. The van der Waals surface area contributed by atoms with E-state index < -0.39 is 0 Å². The van der Waals surface area contributed by atoms with Gasteiger partial charge in [0.05, 0.1) is 0 Å². The standard InChI is InChI=1S/C13H14O4/c1-7(2)3-4-8-9(14)5-11-12(13(8)16)10(15)6-17-11/h3,5-6,14-16H,4H2,1-2H3. The number of benzene rings is 1. The lowest BCUT2D eigenvalue weighted by Crippen LogP contribution is -1.86. The third kappa shape index (κ3) is 1.93. The van der Waals surface area contributed by atoms with Crippen LogP contribution in [0, 0.1) is 0 Å². The molecule has 0 radical (unpaired) electrons. The summed E-state index contributed by atoms with van der Waals surface area (Å²) in [5, 5.41) is 29.6. The SMILES string of the molecule is CC(C)=CCc1c(O)cc2occ(O)c2c1O. The van der Waals surface area contributed by atoms with Crippen molar-refractivity contribution in [3.63, 3.8) is 0 Å². The van der Waals surface area contributed by atoms with Gasteiger partial charge in [-0.1, -0.05) is 11.6 Å². The molecule has 1 aromatic heterocycles. The Hall–Kier alpha value is -2.10. The number of hydrogen-bond donors (Lipinski definition) is 3. The van der Waals surface area contributed by atoms with E-state index in [0.29, 0.717) is 12.0 Å². The van der Waals surface area contributed by atoms with Gasteiger partial charge in [-0.15, -0.1) is 0 Å². The summed E-state index contributed by atoms with van der Waals surface area (Å²) in [5.74, 6) is -0.304. The lowest BCUT2D eigenvalue weighted by Gasteiger charge is -2.06. The Bertz CT molecular complexity index is 589. The van der Waals surface area contributed by atoms with Crippen LogP contribution in [0.3, 0.4) is 0 Å². The maximum Gasteiger partial charge on any atom is 0.165 e. The molecular formula is C13H14O4. The van der Waals surface area contributed by atoms with Crippen molar-refractivity contribution in [3.8, 4) is 17.2 Å². The van der Waals surface area contributed by atoms with Gasteiger partial charge in [-0.3, -0.25) is 0 Å². The van der Waals surface area contributed by atoms with Gasteiger partial charge in [0, 0.05) is 11.6 Å². The molecule has 4 nitrogen and oxygen atoms in total. The monoisotopic (exact) mass is 234 g/mol. The molecule has 0 fully saturated rings. The van der Waals surface area contributed by atoms with Crippen molar-refractivity contribution in [1.29, 1.82) is 0 Å². The first-order valence-corrected chi connectivity index (χ1v) is 5.28. The number of furan rings is 1. The van der Waals surface area contributed by atoms with Gasteiger partial charge < -0.3 is 19.7 Å². The highest BCUT2D eigenvalue weighted by atomic mass is 16.4. The Kier molecular flexibility index (Phi) is 2.71. The summed E-state index contributed by atoms with van der Waals surface area (Å²) in [7, 11) is 0. The third-order valence-corrected chi connectivity index (χ3v) is 2.61. The molecule has 0 aliphatic rings. The van der Waals surface area contributed by atoms with E-state index in [0.717, 1.165) is 11.8 Å². The average Bonchev–Trinajstić information content (AvgIpc) is 2.59. The summed E-state index contributed by atoms with van der Waals surface area (Å²) in [6.45, 7) is 3.86. The molecule has 3 N–H and O–H groups in total. The smallest absolute Gasteiger partial charge is 0.165 e. The fraction of sp³-hybridized carbons (Fsp3) is 0.231. The van der Waals surface area contributed by atoms with Crippen LogP contribution in [0.15, 0.2) is 28.4 Å². The molecule has 4 heteroatoms. The van der Waals surface area contributed by atoms with E-state index in [-0.39, 0.29) is 28.2 Å². The van der Waals surface area contributed by atoms with Crippen LogP contribution in [-0.2, 0) is 6.42 Å². The van der Waals surface area contributed by atoms with Crippen LogP contribution < -0.4 is 0 Å². The van der Waals surface area contributed by atoms with E-state index in [1.165, 1.54) is 6.07 Å². The fourth-order valence-electron chi connectivity index (χ4n) is 1.70. The van der Waals surface area contributed by atoms with E-state index in [2.05, 4.69) is 0 Å². The van der Waals surface area contributed by atoms with E-state index in [9.17, 15) is 15.3 Å². The maximum atomic E-state index is 10.0. The van der Waals surface area contributed by atoms with Crippen LogP contribution in [0.1, 0.15) is 19.4 Å². The fourth-order valence-corrected chi connectivity index (χ4v) is 1.70. The zero-order valence-electron chi connectivity index (χ0n) is 9.69. The minimum atomic E-state index is -0.135. The van der Waals surface area contributed by atoms with Gasteiger partial charge in [-0.05, 0) is 20.3 Å². The quantitative estimate of drug-likeness (QED) is 0.698. The first-order valence-electron chi connectivity index (χ1n) is 5.28. The van der Waals surface area contributed by atoms with E-state index in [4.69, 9.17) is 4.42 Å². The molecular weight excluding hydrogens is 220 g/mol. The van der Waals surface area contributed by atoms with Crippen molar-refractivity contribution < 1.29 is 19.7 Å². The minimum absolute atomic E-state index is 0.0400. The second-order valence-corrected chi connectivity index (χ2v) is 4.20. The number of rotatable bonds is 2. The molecule has 0 bridgehead atoms. The average molecular weight is 234 g/mol. The number of aromatic hydroxyl groups is 3. The number of fused-ring (bicyclic) bond motifs is 1. The van der Waals surface area contributed by atoms with Gasteiger partial charge in [0.2, 0.25) is 0 Å². The van der Waals surface area contributed by atoms with Gasteiger partial charge in [0.15, 0.2) is 5.75 Å². The summed E-state index contributed by atoms with van der Waals surface area (Å²) in [6, 6.07) is 1.39. The van der Waals surface area contributed by atoms with E-state index >= 15 is 0 Å². The molecule has 0 atom stereocenters. The van der Waals surface area contributed by atoms with Crippen LogP contribution in [0.4, 0.5) is 0 Å². The summed E-state index contributed by atoms with van der Waals surface area (Å²) in [4.78, 5) is 0. The lowest BCUT2D eigenvalue weighted by molar-refractivity contribution is 0.441. The largest absolute Gasteiger partial charge is 0.507 e. The molecule has 90 valence electrons. The van der Waals surface area contributed by atoms with Crippen molar-refractivity contribution in [2.75, 3.05) is 0 Å². The van der Waals surface area contributed by atoms with Crippen LogP contribution >= 0.6 is 0 Å². The van der Waals surface area contributed by atoms with Gasteiger partial charge >= 0.3 is 0 Å². The Morgan fingerprint density at radius 3 is 2.59 bits per heavy atom. The Morgan fingerprint density at radius 2 is 1.94 bits per heavy atom. The van der Waals surface area contributed by atoms with Crippen molar-refractivity contribution >= 4 is 11.0 Å². The highest BCUT2D eigenvalue weighted by Crippen LogP contribution is 2.41. The summed E-state index contributed by atoms with van der Waals surface area (Å²) in [5.41, 5.74) is 1.73. The van der Waals surface area contributed by atoms with Crippen LogP contribution in [0.5, 0.6) is 17.2 Å². The third-order valence-electron chi connectivity index (χ3n) is 2.61. The molecule has 0 unspecified atom stereocenters. The molecule has 17 heavy (non-hydrogen) atoms. The van der Waals surface area contributed by atoms with Crippen LogP contribution in [0.2, 0.25) is 0 Å². The van der Waals surface area contributed by atoms with Crippen molar-refractivity contribution in [2.45, 2.75) is 20.3 Å². The van der Waals surface area contributed by atoms with Gasteiger partial charge in [-0.25, -0.2) is 0 Å².